The molecule has 2 rings (SSSR count). The summed E-state index contributed by atoms with van der Waals surface area (Å²) >= 11 is 4.85. The molecule has 0 bridgehead atoms. The van der Waals surface area contributed by atoms with E-state index in [2.05, 4.69) is 9.97 Å². The summed E-state index contributed by atoms with van der Waals surface area (Å²) in [6.45, 7) is 0.578. The summed E-state index contributed by atoms with van der Waals surface area (Å²) < 4.78 is 0. The Balaban J connectivity index is 1.97. The van der Waals surface area contributed by atoms with Gasteiger partial charge in [0.15, 0.2) is 0 Å². The molecule has 0 saturated heterocycles. The summed E-state index contributed by atoms with van der Waals surface area (Å²) in [5.41, 5.74) is 7.48. The zero-order chi connectivity index (χ0) is 15.2. The predicted octanol–water partition coefficient (Wildman–Crippen LogP) is 1.43. The van der Waals surface area contributed by atoms with E-state index in [0.717, 1.165) is 5.69 Å². The highest BCUT2D eigenvalue weighted by molar-refractivity contribution is 7.80. The van der Waals surface area contributed by atoms with E-state index in [-0.39, 0.29) is 10.9 Å². The van der Waals surface area contributed by atoms with Gasteiger partial charge in [-0.05, 0) is 24.3 Å². The van der Waals surface area contributed by atoms with Crippen LogP contribution in [0.1, 0.15) is 21.7 Å². The van der Waals surface area contributed by atoms with Crippen LogP contribution in [-0.2, 0) is 6.42 Å². The maximum absolute atomic E-state index is 12.2. The van der Waals surface area contributed by atoms with Crippen molar-refractivity contribution < 1.29 is 4.79 Å². The van der Waals surface area contributed by atoms with E-state index < -0.39 is 0 Å². The Hall–Kier alpha value is -2.34. The Kier molecular flexibility index (Phi) is 4.94. The van der Waals surface area contributed by atoms with Crippen LogP contribution in [0.25, 0.3) is 0 Å². The number of carbonyl (C=O) groups is 1. The number of aromatic nitrogens is 2. The van der Waals surface area contributed by atoms with Gasteiger partial charge in [0, 0.05) is 43.7 Å². The molecular formula is C15H16N4OS. The van der Waals surface area contributed by atoms with Crippen LogP contribution in [0.15, 0.2) is 42.7 Å². The summed E-state index contributed by atoms with van der Waals surface area (Å²) in [6, 6.07) is 9.07. The van der Waals surface area contributed by atoms with Crippen LogP contribution in [0.5, 0.6) is 0 Å². The Morgan fingerprint density at radius 3 is 2.67 bits per heavy atom. The molecule has 1 amide bonds. The topological polar surface area (TPSA) is 72.1 Å². The number of rotatable bonds is 5. The van der Waals surface area contributed by atoms with E-state index in [4.69, 9.17) is 18.0 Å². The van der Waals surface area contributed by atoms with Crippen molar-refractivity contribution in [2.75, 3.05) is 13.6 Å². The van der Waals surface area contributed by atoms with E-state index in [9.17, 15) is 4.79 Å². The van der Waals surface area contributed by atoms with Crippen LogP contribution in [0.4, 0.5) is 0 Å². The number of hydrogen-bond donors (Lipinski definition) is 1. The third-order valence-electron chi connectivity index (χ3n) is 3.04. The van der Waals surface area contributed by atoms with Crippen molar-refractivity contribution in [2.45, 2.75) is 6.42 Å². The summed E-state index contributed by atoms with van der Waals surface area (Å²) in [4.78, 5) is 22.5. The van der Waals surface area contributed by atoms with Crippen molar-refractivity contribution in [2.24, 2.45) is 5.73 Å². The number of thiocarbonyl (C=S) groups is 1. The highest BCUT2D eigenvalue weighted by atomic mass is 32.1. The number of nitrogens with two attached hydrogens (primary N) is 1. The van der Waals surface area contributed by atoms with Gasteiger partial charge >= 0.3 is 0 Å². The second kappa shape index (κ2) is 6.90. The molecule has 0 aromatic carbocycles. The molecule has 21 heavy (non-hydrogen) atoms. The summed E-state index contributed by atoms with van der Waals surface area (Å²) in [7, 11) is 1.74. The van der Waals surface area contributed by atoms with Crippen LogP contribution in [0.3, 0.4) is 0 Å². The van der Waals surface area contributed by atoms with Gasteiger partial charge in [-0.1, -0.05) is 18.3 Å². The monoisotopic (exact) mass is 300 g/mol. The van der Waals surface area contributed by atoms with Crippen LogP contribution in [0, 0.1) is 0 Å². The normalized spacial score (nSPS) is 10.1. The number of nitrogens with zero attached hydrogens (tertiary/aromatic N) is 3. The standard InChI is InChI=1S/C15H16N4OS/c1-19(9-7-12-4-2-3-8-17-12)15(20)13-6-5-11(10-18-13)14(16)21/h2-6,8,10H,7,9H2,1H3,(H2,16,21). The van der Waals surface area contributed by atoms with Crippen LogP contribution >= 0.6 is 12.2 Å². The average Bonchev–Trinajstić information content (AvgIpc) is 2.53. The summed E-state index contributed by atoms with van der Waals surface area (Å²) in [5, 5.41) is 0. The molecule has 2 aromatic rings. The number of likely N-dealkylation sites (N-methyl/N-ethyl adjacent to an activating group) is 1. The lowest BCUT2D eigenvalue weighted by Crippen LogP contribution is -2.29. The van der Waals surface area contributed by atoms with E-state index in [1.165, 1.54) is 6.20 Å². The quantitative estimate of drug-likeness (QED) is 0.846. The van der Waals surface area contributed by atoms with Gasteiger partial charge in [0.2, 0.25) is 0 Å². The molecule has 2 heterocycles. The lowest BCUT2D eigenvalue weighted by Gasteiger charge is -2.16. The van der Waals surface area contributed by atoms with Gasteiger partial charge in [0.05, 0.1) is 0 Å². The minimum atomic E-state index is -0.138. The van der Waals surface area contributed by atoms with Crippen molar-refractivity contribution in [3.63, 3.8) is 0 Å². The van der Waals surface area contributed by atoms with Gasteiger partial charge in [-0.25, -0.2) is 0 Å². The molecular weight excluding hydrogens is 284 g/mol. The molecule has 0 radical (unpaired) electrons. The zero-order valence-electron chi connectivity index (χ0n) is 11.7. The second-order valence-corrected chi connectivity index (χ2v) is 5.03. The van der Waals surface area contributed by atoms with Crippen molar-refractivity contribution >= 4 is 23.1 Å². The van der Waals surface area contributed by atoms with E-state index in [1.54, 1.807) is 30.3 Å². The van der Waals surface area contributed by atoms with E-state index in [1.807, 2.05) is 18.2 Å². The molecule has 2 N–H and O–H groups in total. The molecule has 0 aliphatic rings. The molecule has 0 spiro atoms. The molecule has 5 nitrogen and oxygen atoms in total. The maximum Gasteiger partial charge on any atom is 0.272 e. The van der Waals surface area contributed by atoms with Crippen LogP contribution in [-0.4, -0.2) is 39.4 Å². The fourth-order valence-corrected chi connectivity index (χ4v) is 1.91. The number of amides is 1. The Labute approximate surface area is 128 Å². The molecule has 0 unspecified atom stereocenters. The zero-order valence-corrected chi connectivity index (χ0v) is 12.5. The first-order valence-electron chi connectivity index (χ1n) is 6.49. The fraction of sp³-hybridized carbons (Fsp3) is 0.200. The number of carbonyl (C=O) groups excluding carboxylic acids is 1. The SMILES string of the molecule is CN(CCc1ccccn1)C(=O)c1ccc(C(N)=S)cn1. The minimum absolute atomic E-state index is 0.138. The van der Waals surface area contributed by atoms with Crippen LogP contribution < -0.4 is 5.73 Å². The van der Waals surface area contributed by atoms with Crippen molar-refractivity contribution in [3.8, 4) is 0 Å². The molecule has 108 valence electrons. The van der Waals surface area contributed by atoms with Crippen LogP contribution in [0.2, 0.25) is 0 Å². The summed E-state index contributed by atoms with van der Waals surface area (Å²) in [6.07, 6.45) is 3.96. The Morgan fingerprint density at radius 1 is 1.29 bits per heavy atom. The van der Waals surface area contributed by atoms with Crippen molar-refractivity contribution in [1.82, 2.24) is 14.9 Å². The highest BCUT2D eigenvalue weighted by Gasteiger charge is 2.13. The minimum Gasteiger partial charge on any atom is -0.389 e. The maximum atomic E-state index is 12.2. The van der Waals surface area contributed by atoms with Gasteiger partial charge in [0.25, 0.3) is 5.91 Å². The third kappa shape index (κ3) is 4.06. The Morgan fingerprint density at radius 2 is 2.10 bits per heavy atom. The third-order valence-corrected chi connectivity index (χ3v) is 3.28. The van der Waals surface area contributed by atoms with E-state index in [0.29, 0.717) is 24.2 Å². The number of hydrogen-bond acceptors (Lipinski definition) is 4. The molecule has 2 aromatic heterocycles. The van der Waals surface area contributed by atoms with Gasteiger partial charge in [-0.15, -0.1) is 0 Å². The lowest BCUT2D eigenvalue weighted by atomic mass is 10.2. The second-order valence-electron chi connectivity index (χ2n) is 4.59. The Bertz CT molecular complexity index is 628. The predicted molar refractivity (Wildman–Crippen MR) is 85.0 cm³/mol. The summed E-state index contributed by atoms with van der Waals surface area (Å²) in [5.74, 6) is -0.138. The smallest absolute Gasteiger partial charge is 0.272 e. The van der Waals surface area contributed by atoms with Gasteiger partial charge < -0.3 is 10.6 Å². The first-order chi connectivity index (χ1) is 10.1. The van der Waals surface area contributed by atoms with Gasteiger partial charge in [-0.2, -0.15) is 0 Å². The molecule has 0 saturated carbocycles. The molecule has 0 aliphatic heterocycles. The first kappa shape index (κ1) is 15.1. The molecule has 0 atom stereocenters. The molecule has 6 heteroatoms. The lowest BCUT2D eigenvalue weighted by molar-refractivity contribution is 0.0790. The largest absolute Gasteiger partial charge is 0.389 e. The fourth-order valence-electron chi connectivity index (χ4n) is 1.79. The number of pyridine rings is 2. The van der Waals surface area contributed by atoms with Crippen molar-refractivity contribution in [1.29, 1.82) is 0 Å². The van der Waals surface area contributed by atoms with Gasteiger partial charge in [0.1, 0.15) is 10.7 Å². The van der Waals surface area contributed by atoms with Crippen molar-refractivity contribution in [3.05, 3.63) is 59.7 Å². The van der Waals surface area contributed by atoms with Gasteiger partial charge in [-0.3, -0.25) is 14.8 Å². The average molecular weight is 300 g/mol. The highest BCUT2D eigenvalue weighted by Crippen LogP contribution is 2.04. The first-order valence-corrected chi connectivity index (χ1v) is 6.90. The molecule has 0 aliphatic carbocycles. The van der Waals surface area contributed by atoms with E-state index >= 15 is 0 Å². The molecule has 0 fully saturated rings.